The van der Waals surface area contributed by atoms with E-state index in [1.807, 2.05) is 18.2 Å². The van der Waals surface area contributed by atoms with E-state index in [4.69, 9.17) is 4.74 Å². The molecule has 0 unspecified atom stereocenters. The van der Waals surface area contributed by atoms with Crippen molar-refractivity contribution in [2.45, 2.75) is 19.0 Å². The molecular weight excluding hydrogens is 401 g/mol. The number of piperidine rings is 1. The Hall–Kier alpha value is -3.23. The Labute approximate surface area is 171 Å². The lowest BCUT2D eigenvalue weighted by Crippen LogP contribution is -2.42. The Morgan fingerprint density at radius 1 is 1.00 bits per heavy atom. The normalized spacial score (nSPS) is 14.8. The lowest BCUT2D eigenvalue weighted by molar-refractivity contribution is -0.162. The number of para-hydroxylation sites is 3. The third-order valence-corrected chi connectivity index (χ3v) is 4.60. The zero-order chi connectivity index (χ0) is 21.6. The molecule has 2 aromatic rings. The van der Waals surface area contributed by atoms with Crippen molar-refractivity contribution in [1.82, 2.24) is 4.90 Å². The number of ether oxygens (including phenoxy) is 2. The van der Waals surface area contributed by atoms with Gasteiger partial charge in [0, 0.05) is 19.0 Å². The van der Waals surface area contributed by atoms with Gasteiger partial charge in [0.05, 0.1) is 5.69 Å². The molecule has 0 bridgehead atoms. The summed E-state index contributed by atoms with van der Waals surface area (Å²) in [7, 11) is 0. The number of alkyl halides is 3. The number of rotatable bonds is 5. The number of anilines is 1. The maximum absolute atomic E-state index is 12.7. The van der Waals surface area contributed by atoms with Crippen molar-refractivity contribution in [3.05, 3.63) is 54.6 Å². The number of amides is 2. The van der Waals surface area contributed by atoms with Crippen LogP contribution in [-0.4, -0.2) is 42.8 Å². The van der Waals surface area contributed by atoms with Gasteiger partial charge >= 0.3 is 12.3 Å². The van der Waals surface area contributed by atoms with Crippen molar-refractivity contribution in [2.24, 2.45) is 5.92 Å². The number of carbonyl (C=O) groups is 2. The SMILES string of the molecule is O=C(Nc1ccccc1Oc1ccccc1)C1CCN(C(=O)OCC(F)(F)F)CC1. The van der Waals surface area contributed by atoms with Gasteiger partial charge in [0.25, 0.3) is 0 Å². The summed E-state index contributed by atoms with van der Waals surface area (Å²) in [5, 5.41) is 2.84. The van der Waals surface area contributed by atoms with Gasteiger partial charge in [-0.25, -0.2) is 4.79 Å². The third kappa shape index (κ3) is 6.13. The molecule has 0 atom stereocenters. The molecule has 1 aliphatic heterocycles. The van der Waals surface area contributed by atoms with Crippen LogP contribution in [0.4, 0.5) is 23.7 Å². The predicted molar refractivity (Wildman–Crippen MR) is 103 cm³/mol. The van der Waals surface area contributed by atoms with Crippen LogP contribution >= 0.6 is 0 Å². The van der Waals surface area contributed by atoms with Crippen LogP contribution in [0.1, 0.15) is 12.8 Å². The molecule has 1 heterocycles. The fourth-order valence-electron chi connectivity index (χ4n) is 3.07. The van der Waals surface area contributed by atoms with Gasteiger partial charge in [0.2, 0.25) is 5.91 Å². The molecule has 0 radical (unpaired) electrons. The minimum atomic E-state index is -4.57. The fraction of sp³-hybridized carbons (Fsp3) is 0.333. The number of hydrogen-bond acceptors (Lipinski definition) is 4. The fourth-order valence-corrected chi connectivity index (χ4v) is 3.07. The van der Waals surface area contributed by atoms with Crippen LogP contribution < -0.4 is 10.1 Å². The maximum atomic E-state index is 12.7. The Bertz CT molecular complexity index is 866. The first-order valence-electron chi connectivity index (χ1n) is 9.43. The zero-order valence-electron chi connectivity index (χ0n) is 16.0. The van der Waals surface area contributed by atoms with E-state index >= 15 is 0 Å². The Balaban J connectivity index is 1.54. The van der Waals surface area contributed by atoms with E-state index in [0.29, 0.717) is 30.0 Å². The predicted octanol–water partition coefficient (Wildman–Crippen LogP) is 4.83. The number of hydrogen-bond donors (Lipinski definition) is 1. The van der Waals surface area contributed by atoms with Crippen molar-refractivity contribution < 1.29 is 32.2 Å². The molecular formula is C21H21F3N2O4. The summed E-state index contributed by atoms with van der Waals surface area (Å²) in [6.07, 6.45) is -4.93. The number of likely N-dealkylation sites (tertiary alicyclic amines) is 1. The van der Waals surface area contributed by atoms with Gasteiger partial charge in [0.1, 0.15) is 5.75 Å². The highest BCUT2D eigenvalue weighted by Crippen LogP contribution is 2.30. The van der Waals surface area contributed by atoms with Crippen LogP contribution in [0.3, 0.4) is 0 Å². The molecule has 0 aromatic heterocycles. The van der Waals surface area contributed by atoms with Gasteiger partial charge in [-0.1, -0.05) is 30.3 Å². The highest BCUT2D eigenvalue weighted by molar-refractivity contribution is 5.94. The quantitative estimate of drug-likeness (QED) is 0.750. The van der Waals surface area contributed by atoms with E-state index in [9.17, 15) is 22.8 Å². The van der Waals surface area contributed by atoms with Crippen molar-refractivity contribution in [2.75, 3.05) is 25.0 Å². The summed E-state index contributed by atoms with van der Waals surface area (Å²) in [5.41, 5.74) is 0.512. The Kier molecular flexibility index (Phi) is 6.81. The number of benzene rings is 2. The molecule has 0 aliphatic carbocycles. The minimum absolute atomic E-state index is 0.150. The molecule has 2 aromatic carbocycles. The van der Waals surface area contributed by atoms with Gasteiger partial charge < -0.3 is 19.7 Å². The van der Waals surface area contributed by atoms with Crippen LogP contribution in [0.2, 0.25) is 0 Å². The summed E-state index contributed by atoms with van der Waals surface area (Å²) in [5.74, 6) is 0.513. The maximum Gasteiger partial charge on any atom is 0.422 e. The van der Waals surface area contributed by atoms with Crippen LogP contribution in [0.25, 0.3) is 0 Å². The van der Waals surface area contributed by atoms with E-state index < -0.39 is 18.9 Å². The summed E-state index contributed by atoms with van der Waals surface area (Å²) in [6, 6.07) is 16.2. The molecule has 1 fully saturated rings. The van der Waals surface area contributed by atoms with E-state index in [0.717, 1.165) is 0 Å². The van der Waals surface area contributed by atoms with Crippen LogP contribution in [0, 0.1) is 5.92 Å². The lowest BCUT2D eigenvalue weighted by atomic mass is 9.96. The molecule has 0 spiro atoms. The smallest absolute Gasteiger partial charge is 0.422 e. The van der Waals surface area contributed by atoms with Gasteiger partial charge in [0.15, 0.2) is 12.4 Å². The molecule has 160 valence electrons. The molecule has 2 amide bonds. The van der Waals surface area contributed by atoms with Crippen LogP contribution in [-0.2, 0) is 9.53 Å². The largest absolute Gasteiger partial charge is 0.455 e. The number of nitrogens with one attached hydrogen (secondary N) is 1. The number of nitrogens with zero attached hydrogens (tertiary/aromatic N) is 1. The first-order valence-corrected chi connectivity index (χ1v) is 9.43. The van der Waals surface area contributed by atoms with E-state index in [1.54, 1.807) is 36.4 Å². The molecule has 6 nitrogen and oxygen atoms in total. The highest BCUT2D eigenvalue weighted by atomic mass is 19.4. The second-order valence-corrected chi connectivity index (χ2v) is 6.83. The zero-order valence-corrected chi connectivity index (χ0v) is 16.0. The van der Waals surface area contributed by atoms with Crippen molar-refractivity contribution in [3.8, 4) is 11.5 Å². The highest BCUT2D eigenvalue weighted by Gasteiger charge is 2.33. The summed E-state index contributed by atoms with van der Waals surface area (Å²) in [6.45, 7) is -1.32. The topological polar surface area (TPSA) is 67.9 Å². The monoisotopic (exact) mass is 422 g/mol. The van der Waals surface area contributed by atoms with E-state index in [1.165, 1.54) is 4.90 Å². The second-order valence-electron chi connectivity index (χ2n) is 6.83. The molecule has 30 heavy (non-hydrogen) atoms. The average Bonchev–Trinajstić information content (AvgIpc) is 2.74. The van der Waals surface area contributed by atoms with Gasteiger partial charge in [-0.15, -0.1) is 0 Å². The number of carbonyl (C=O) groups excluding carboxylic acids is 2. The van der Waals surface area contributed by atoms with Gasteiger partial charge in [-0.3, -0.25) is 4.79 Å². The van der Waals surface area contributed by atoms with Crippen molar-refractivity contribution in [1.29, 1.82) is 0 Å². The van der Waals surface area contributed by atoms with Crippen LogP contribution in [0.5, 0.6) is 11.5 Å². The summed E-state index contributed by atoms with van der Waals surface area (Å²) >= 11 is 0. The molecule has 1 N–H and O–H groups in total. The summed E-state index contributed by atoms with van der Waals surface area (Å²) < 4.78 is 46.6. The lowest BCUT2D eigenvalue weighted by Gasteiger charge is -2.30. The molecule has 9 heteroatoms. The first-order chi connectivity index (χ1) is 14.3. The minimum Gasteiger partial charge on any atom is -0.455 e. The Morgan fingerprint density at radius 2 is 1.63 bits per heavy atom. The Morgan fingerprint density at radius 3 is 2.30 bits per heavy atom. The average molecular weight is 422 g/mol. The third-order valence-electron chi connectivity index (χ3n) is 4.60. The van der Waals surface area contributed by atoms with E-state index in [-0.39, 0.29) is 24.9 Å². The standard InChI is InChI=1S/C21H21F3N2O4/c22-21(23,24)14-29-20(28)26-12-10-15(11-13-26)19(27)25-17-8-4-5-9-18(17)30-16-6-2-1-3-7-16/h1-9,15H,10-14H2,(H,25,27). The first kappa shape index (κ1) is 21.5. The molecule has 1 aliphatic rings. The number of halogens is 3. The van der Waals surface area contributed by atoms with Crippen molar-refractivity contribution >= 4 is 17.7 Å². The van der Waals surface area contributed by atoms with Gasteiger partial charge in [-0.2, -0.15) is 13.2 Å². The molecule has 0 saturated carbocycles. The van der Waals surface area contributed by atoms with E-state index in [2.05, 4.69) is 10.1 Å². The van der Waals surface area contributed by atoms with Gasteiger partial charge in [-0.05, 0) is 37.1 Å². The van der Waals surface area contributed by atoms with Crippen LogP contribution in [0.15, 0.2) is 54.6 Å². The summed E-state index contributed by atoms with van der Waals surface area (Å²) in [4.78, 5) is 25.6. The van der Waals surface area contributed by atoms with Crippen molar-refractivity contribution in [3.63, 3.8) is 0 Å². The molecule has 1 saturated heterocycles. The molecule has 3 rings (SSSR count). The second kappa shape index (κ2) is 9.51.